The van der Waals surface area contributed by atoms with Crippen LogP contribution in [0, 0.1) is 6.92 Å². The molecule has 0 aliphatic carbocycles. The second-order valence-corrected chi connectivity index (χ2v) is 5.64. The molecule has 2 aromatic carbocycles. The van der Waals surface area contributed by atoms with Crippen molar-refractivity contribution >= 4 is 23.2 Å². The van der Waals surface area contributed by atoms with Gasteiger partial charge in [0.2, 0.25) is 5.91 Å². The third-order valence-corrected chi connectivity index (χ3v) is 3.79. The molecule has 110 valence electrons. The molecule has 0 spiro atoms. The van der Waals surface area contributed by atoms with E-state index in [-0.39, 0.29) is 11.8 Å². The first-order chi connectivity index (χ1) is 10.1. The Morgan fingerprint density at radius 3 is 2.57 bits per heavy atom. The van der Waals surface area contributed by atoms with E-state index in [0.717, 1.165) is 29.7 Å². The number of hydrogen-bond acceptors (Lipinski definition) is 1. The first kappa shape index (κ1) is 15.6. The number of aryl methyl sites for hydroxylation is 1. The Balaban J connectivity index is 2.21. The van der Waals surface area contributed by atoms with Gasteiger partial charge in [-0.2, -0.15) is 0 Å². The van der Waals surface area contributed by atoms with Crippen LogP contribution in [0.25, 0.3) is 0 Å². The minimum atomic E-state index is -0.130. The Morgan fingerprint density at radius 1 is 1.19 bits per heavy atom. The van der Waals surface area contributed by atoms with Crippen LogP contribution in [0.5, 0.6) is 0 Å². The lowest BCUT2D eigenvalue weighted by Crippen LogP contribution is -2.21. The summed E-state index contributed by atoms with van der Waals surface area (Å²) >= 11 is 6.01. The van der Waals surface area contributed by atoms with Crippen molar-refractivity contribution in [1.82, 2.24) is 0 Å². The maximum absolute atomic E-state index is 12.6. The fraction of sp³-hybridized carbons (Fsp3) is 0.278. The predicted molar refractivity (Wildman–Crippen MR) is 88.9 cm³/mol. The smallest absolute Gasteiger partial charge is 0.231 e. The van der Waals surface area contributed by atoms with Crippen LogP contribution in [0.1, 0.15) is 36.8 Å². The van der Waals surface area contributed by atoms with Gasteiger partial charge in [-0.15, -0.1) is 0 Å². The maximum atomic E-state index is 12.6. The van der Waals surface area contributed by atoms with Gasteiger partial charge in [0.05, 0.1) is 5.92 Å². The summed E-state index contributed by atoms with van der Waals surface area (Å²) in [6.45, 7) is 4.05. The van der Waals surface area contributed by atoms with Gasteiger partial charge in [-0.25, -0.2) is 0 Å². The van der Waals surface area contributed by atoms with Crippen molar-refractivity contribution < 1.29 is 4.79 Å². The van der Waals surface area contributed by atoms with Gasteiger partial charge in [-0.3, -0.25) is 4.79 Å². The lowest BCUT2D eigenvalue weighted by atomic mass is 9.93. The van der Waals surface area contributed by atoms with Crippen molar-refractivity contribution in [3.63, 3.8) is 0 Å². The molecular formula is C18H20ClNO. The van der Waals surface area contributed by atoms with E-state index in [0.29, 0.717) is 5.02 Å². The highest BCUT2D eigenvalue weighted by atomic mass is 35.5. The van der Waals surface area contributed by atoms with Crippen LogP contribution in [-0.4, -0.2) is 5.91 Å². The van der Waals surface area contributed by atoms with Crippen molar-refractivity contribution in [2.75, 3.05) is 5.32 Å². The van der Waals surface area contributed by atoms with Crippen molar-refractivity contribution in [1.29, 1.82) is 0 Å². The standard InChI is InChI=1S/C18H20ClNO/c1-3-7-16(14-8-5-4-6-9-14)18(21)20-17-12-15(19)11-10-13(17)2/h4-6,8-12,16H,3,7H2,1-2H3,(H,20,21)/t16-/m1/s1. The fourth-order valence-electron chi connectivity index (χ4n) is 2.37. The molecule has 3 heteroatoms. The van der Waals surface area contributed by atoms with Crippen LogP contribution >= 0.6 is 11.6 Å². The van der Waals surface area contributed by atoms with E-state index in [2.05, 4.69) is 12.2 Å². The van der Waals surface area contributed by atoms with Gasteiger partial charge in [-0.1, -0.05) is 61.3 Å². The number of halogens is 1. The highest BCUT2D eigenvalue weighted by Crippen LogP contribution is 2.25. The van der Waals surface area contributed by atoms with Gasteiger partial charge in [0, 0.05) is 10.7 Å². The van der Waals surface area contributed by atoms with Crippen LogP contribution < -0.4 is 5.32 Å². The van der Waals surface area contributed by atoms with Crippen molar-refractivity contribution in [2.24, 2.45) is 0 Å². The number of carbonyl (C=O) groups excluding carboxylic acids is 1. The van der Waals surface area contributed by atoms with Gasteiger partial charge < -0.3 is 5.32 Å². The van der Waals surface area contributed by atoms with Crippen molar-refractivity contribution in [3.8, 4) is 0 Å². The number of rotatable bonds is 5. The Morgan fingerprint density at radius 2 is 1.90 bits per heavy atom. The number of nitrogens with one attached hydrogen (secondary N) is 1. The molecule has 0 unspecified atom stereocenters. The molecule has 2 nitrogen and oxygen atoms in total. The molecule has 1 atom stereocenters. The van der Waals surface area contributed by atoms with Gasteiger partial charge in [0.25, 0.3) is 0 Å². The van der Waals surface area contributed by atoms with E-state index >= 15 is 0 Å². The SMILES string of the molecule is CCC[C@@H](C(=O)Nc1cc(Cl)ccc1C)c1ccccc1. The monoisotopic (exact) mass is 301 g/mol. The van der Waals surface area contributed by atoms with Crippen LogP contribution in [0.2, 0.25) is 5.02 Å². The largest absolute Gasteiger partial charge is 0.325 e. The minimum absolute atomic E-state index is 0.0217. The highest BCUT2D eigenvalue weighted by molar-refractivity contribution is 6.31. The Labute approximate surface area is 131 Å². The third-order valence-electron chi connectivity index (χ3n) is 3.55. The number of amides is 1. The first-order valence-corrected chi connectivity index (χ1v) is 7.61. The van der Waals surface area contributed by atoms with Crippen LogP contribution in [0.15, 0.2) is 48.5 Å². The molecule has 1 N–H and O–H groups in total. The molecule has 0 aliphatic rings. The number of carbonyl (C=O) groups is 1. The van der Waals surface area contributed by atoms with E-state index < -0.39 is 0 Å². The number of anilines is 1. The molecule has 0 aromatic heterocycles. The van der Waals surface area contributed by atoms with E-state index in [1.807, 2.05) is 49.4 Å². The Hall–Kier alpha value is -1.80. The zero-order chi connectivity index (χ0) is 15.2. The Kier molecular flexibility index (Phi) is 5.40. The molecule has 0 saturated carbocycles. The summed E-state index contributed by atoms with van der Waals surface area (Å²) in [7, 11) is 0. The molecule has 2 rings (SSSR count). The predicted octanol–water partition coefficient (Wildman–Crippen LogP) is 5.17. The molecule has 2 aromatic rings. The summed E-state index contributed by atoms with van der Waals surface area (Å²) in [4.78, 5) is 12.6. The van der Waals surface area contributed by atoms with Gasteiger partial charge >= 0.3 is 0 Å². The summed E-state index contributed by atoms with van der Waals surface area (Å²) < 4.78 is 0. The molecule has 0 radical (unpaired) electrons. The van der Waals surface area contributed by atoms with Crippen LogP contribution in [-0.2, 0) is 4.79 Å². The second kappa shape index (κ2) is 7.28. The van der Waals surface area contributed by atoms with Gasteiger partial charge in [0.15, 0.2) is 0 Å². The Bertz CT molecular complexity index is 610. The number of benzene rings is 2. The fourth-order valence-corrected chi connectivity index (χ4v) is 2.54. The quantitative estimate of drug-likeness (QED) is 0.811. The molecule has 21 heavy (non-hydrogen) atoms. The summed E-state index contributed by atoms with van der Waals surface area (Å²) in [6.07, 6.45) is 1.79. The highest BCUT2D eigenvalue weighted by Gasteiger charge is 2.20. The topological polar surface area (TPSA) is 29.1 Å². The zero-order valence-corrected chi connectivity index (χ0v) is 13.2. The maximum Gasteiger partial charge on any atom is 0.231 e. The van der Waals surface area contributed by atoms with E-state index in [9.17, 15) is 4.79 Å². The molecule has 0 aliphatic heterocycles. The second-order valence-electron chi connectivity index (χ2n) is 5.20. The molecule has 0 saturated heterocycles. The third kappa shape index (κ3) is 4.08. The normalized spacial score (nSPS) is 12.0. The number of hydrogen-bond donors (Lipinski definition) is 1. The van der Waals surface area contributed by atoms with E-state index in [1.165, 1.54) is 0 Å². The van der Waals surface area contributed by atoms with Crippen molar-refractivity contribution in [3.05, 3.63) is 64.7 Å². The van der Waals surface area contributed by atoms with E-state index in [1.54, 1.807) is 6.07 Å². The molecule has 0 heterocycles. The van der Waals surface area contributed by atoms with Crippen molar-refractivity contribution in [2.45, 2.75) is 32.6 Å². The molecule has 1 amide bonds. The van der Waals surface area contributed by atoms with Gasteiger partial charge in [-0.05, 0) is 36.6 Å². The van der Waals surface area contributed by atoms with E-state index in [4.69, 9.17) is 11.6 Å². The molecule has 0 bridgehead atoms. The molecular weight excluding hydrogens is 282 g/mol. The van der Waals surface area contributed by atoms with Crippen LogP contribution in [0.4, 0.5) is 5.69 Å². The summed E-state index contributed by atoms with van der Waals surface area (Å²) in [6, 6.07) is 15.4. The lowest BCUT2D eigenvalue weighted by molar-refractivity contribution is -0.117. The summed E-state index contributed by atoms with van der Waals surface area (Å²) in [5, 5.41) is 3.64. The summed E-state index contributed by atoms with van der Waals surface area (Å²) in [5.74, 6) is -0.108. The first-order valence-electron chi connectivity index (χ1n) is 7.23. The molecule has 0 fully saturated rings. The summed E-state index contributed by atoms with van der Waals surface area (Å²) in [5.41, 5.74) is 2.84. The van der Waals surface area contributed by atoms with Crippen LogP contribution in [0.3, 0.4) is 0 Å². The zero-order valence-electron chi connectivity index (χ0n) is 12.4. The van der Waals surface area contributed by atoms with Gasteiger partial charge in [0.1, 0.15) is 0 Å². The lowest BCUT2D eigenvalue weighted by Gasteiger charge is -2.17. The average Bonchev–Trinajstić information content (AvgIpc) is 2.49. The average molecular weight is 302 g/mol. The minimum Gasteiger partial charge on any atom is -0.325 e.